The Balaban J connectivity index is 1.91. The second kappa shape index (κ2) is 4.75. The van der Waals surface area contributed by atoms with Crippen LogP contribution in [0.3, 0.4) is 0 Å². The lowest BCUT2D eigenvalue weighted by atomic mass is 10.0. The predicted molar refractivity (Wildman–Crippen MR) is 73.0 cm³/mol. The molecule has 1 aromatic heterocycles. The zero-order chi connectivity index (χ0) is 12.5. The number of ether oxygens (including phenoxy) is 1. The highest BCUT2D eigenvalue weighted by atomic mass is 35.5. The van der Waals surface area contributed by atoms with Crippen molar-refractivity contribution in [3.05, 3.63) is 50.7 Å². The van der Waals surface area contributed by atoms with Gasteiger partial charge in [-0.05, 0) is 29.1 Å². The first-order chi connectivity index (χ1) is 8.74. The molecule has 2 nitrogen and oxygen atoms in total. The molecule has 0 radical (unpaired) electrons. The van der Waals surface area contributed by atoms with Gasteiger partial charge in [0.15, 0.2) is 5.78 Å². The zero-order valence-corrected chi connectivity index (χ0v) is 11.2. The molecule has 0 N–H and O–H groups in total. The highest BCUT2D eigenvalue weighted by Gasteiger charge is 2.20. The molecule has 18 heavy (non-hydrogen) atoms. The highest BCUT2D eigenvalue weighted by molar-refractivity contribution is 7.12. The van der Waals surface area contributed by atoms with Crippen molar-refractivity contribution in [2.75, 3.05) is 6.61 Å². The SMILES string of the molecule is O=C(Cc1cc(Cl)cc2c1OCC2)c1cccs1. The average Bonchev–Trinajstić information content (AvgIpc) is 2.98. The molecule has 4 heteroatoms. The summed E-state index contributed by atoms with van der Waals surface area (Å²) in [6.07, 6.45) is 1.22. The molecule has 3 rings (SSSR count). The maximum Gasteiger partial charge on any atom is 0.177 e. The van der Waals surface area contributed by atoms with Gasteiger partial charge < -0.3 is 4.74 Å². The fourth-order valence-corrected chi connectivity index (χ4v) is 3.10. The maximum absolute atomic E-state index is 12.1. The largest absolute Gasteiger partial charge is 0.493 e. The van der Waals surface area contributed by atoms with Gasteiger partial charge in [0, 0.05) is 23.4 Å². The Hall–Kier alpha value is -1.32. The number of ketones is 1. The van der Waals surface area contributed by atoms with E-state index in [1.807, 2.05) is 29.6 Å². The topological polar surface area (TPSA) is 26.3 Å². The van der Waals surface area contributed by atoms with Crippen LogP contribution in [0.4, 0.5) is 0 Å². The first kappa shape index (κ1) is 11.8. The van der Waals surface area contributed by atoms with Crippen LogP contribution in [0.2, 0.25) is 5.02 Å². The molecule has 92 valence electrons. The molecule has 0 aliphatic carbocycles. The van der Waals surface area contributed by atoms with E-state index in [0.717, 1.165) is 28.2 Å². The molecule has 0 fully saturated rings. The number of carbonyl (C=O) groups excluding carboxylic acids is 1. The molecule has 0 atom stereocenters. The second-order valence-corrected chi connectivity index (χ2v) is 5.61. The van der Waals surface area contributed by atoms with E-state index in [4.69, 9.17) is 16.3 Å². The van der Waals surface area contributed by atoms with Gasteiger partial charge in [-0.15, -0.1) is 11.3 Å². The first-order valence-corrected chi connectivity index (χ1v) is 7.00. The van der Waals surface area contributed by atoms with E-state index >= 15 is 0 Å². The van der Waals surface area contributed by atoms with Crippen LogP contribution < -0.4 is 4.74 Å². The first-order valence-electron chi connectivity index (χ1n) is 5.75. The normalized spacial score (nSPS) is 13.2. The van der Waals surface area contributed by atoms with Crippen LogP contribution >= 0.6 is 22.9 Å². The number of halogens is 1. The number of benzene rings is 1. The van der Waals surface area contributed by atoms with Gasteiger partial charge in [0.1, 0.15) is 5.75 Å². The van der Waals surface area contributed by atoms with Crippen LogP contribution in [0.5, 0.6) is 5.75 Å². The molecule has 1 aromatic carbocycles. The second-order valence-electron chi connectivity index (χ2n) is 4.23. The van der Waals surface area contributed by atoms with Crippen molar-refractivity contribution in [2.24, 2.45) is 0 Å². The monoisotopic (exact) mass is 278 g/mol. The number of Topliss-reactive ketones (excluding diaryl/α,β-unsaturated/α-hetero) is 1. The third-order valence-electron chi connectivity index (χ3n) is 2.97. The van der Waals surface area contributed by atoms with Crippen molar-refractivity contribution in [3.8, 4) is 5.75 Å². The summed E-state index contributed by atoms with van der Waals surface area (Å²) in [6.45, 7) is 0.676. The minimum Gasteiger partial charge on any atom is -0.493 e. The Bertz CT molecular complexity index is 590. The van der Waals surface area contributed by atoms with Crippen molar-refractivity contribution >= 4 is 28.7 Å². The Kier molecular flexibility index (Phi) is 3.10. The van der Waals surface area contributed by atoms with Crippen molar-refractivity contribution in [2.45, 2.75) is 12.8 Å². The molecular formula is C14H11ClO2S. The lowest BCUT2D eigenvalue weighted by molar-refractivity contribution is 0.0996. The summed E-state index contributed by atoms with van der Waals surface area (Å²) in [5.74, 6) is 0.967. The molecule has 1 aliphatic rings. The van der Waals surface area contributed by atoms with E-state index < -0.39 is 0 Å². The molecule has 1 aliphatic heterocycles. The van der Waals surface area contributed by atoms with Gasteiger partial charge in [0.05, 0.1) is 11.5 Å². The zero-order valence-electron chi connectivity index (χ0n) is 9.61. The van der Waals surface area contributed by atoms with Crippen LogP contribution in [0.25, 0.3) is 0 Å². The number of hydrogen-bond acceptors (Lipinski definition) is 3. The minimum absolute atomic E-state index is 0.116. The lowest BCUT2D eigenvalue weighted by Crippen LogP contribution is -2.03. The molecule has 0 amide bonds. The van der Waals surface area contributed by atoms with E-state index in [2.05, 4.69) is 0 Å². The Morgan fingerprint density at radius 3 is 3.11 bits per heavy atom. The molecule has 0 saturated heterocycles. The summed E-state index contributed by atoms with van der Waals surface area (Å²) < 4.78 is 5.60. The van der Waals surface area contributed by atoms with Gasteiger partial charge in [-0.1, -0.05) is 17.7 Å². The van der Waals surface area contributed by atoms with Crippen LogP contribution in [-0.4, -0.2) is 12.4 Å². The van der Waals surface area contributed by atoms with E-state index in [1.54, 1.807) is 0 Å². The molecule has 2 heterocycles. The summed E-state index contributed by atoms with van der Waals surface area (Å²) in [4.78, 5) is 12.9. The summed E-state index contributed by atoms with van der Waals surface area (Å²) >= 11 is 7.54. The van der Waals surface area contributed by atoms with Crippen molar-refractivity contribution in [1.82, 2.24) is 0 Å². The highest BCUT2D eigenvalue weighted by Crippen LogP contribution is 2.33. The van der Waals surface area contributed by atoms with Gasteiger partial charge in [0.2, 0.25) is 0 Å². The average molecular weight is 279 g/mol. The van der Waals surface area contributed by atoms with Crippen molar-refractivity contribution < 1.29 is 9.53 Å². The molecule has 0 bridgehead atoms. The Morgan fingerprint density at radius 1 is 1.44 bits per heavy atom. The number of fused-ring (bicyclic) bond motifs is 1. The summed E-state index contributed by atoms with van der Waals surface area (Å²) in [5.41, 5.74) is 2.00. The van der Waals surface area contributed by atoms with Crippen molar-refractivity contribution in [1.29, 1.82) is 0 Å². The lowest BCUT2D eigenvalue weighted by Gasteiger charge is -2.07. The predicted octanol–water partition coefficient (Wildman–Crippen LogP) is 3.76. The smallest absolute Gasteiger partial charge is 0.177 e. The number of carbonyl (C=O) groups is 1. The van der Waals surface area contributed by atoms with Gasteiger partial charge in [-0.2, -0.15) is 0 Å². The van der Waals surface area contributed by atoms with Gasteiger partial charge in [-0.3, -0.25) is 4.79 Å². The van der Waals surface area contributed by atoms with E-state index in [-0.39, 0.29) is 5.78 Å². The summed E-state index contributed by atoms with van der Waals surface area (Å²) in [5, 5.41) is 2.58. The molecule has 0 saturated carbocycles. The van der Waals surface area contributed by atoms with Crippen LogP contribution in [0, 0.1) is 0 Å². The molecule has 0 unspecified atom stereocenters. The molecular weight excluding hydrogens is 268 g/mol. The maximum atomic E-state index is 12.1. The van der Waals surface area contributed by atoms with Gasteiger partial charge in [-0.25, -0.2) is 0 Å². The van der Waals surface area contributed by atoms with E-state index in [1.165, 1.54) is 11.3 Å². The number of rotatable bonds is 3. The molecule has 2 aromatic rings. The number of thiophene rings is 1. The Labute approximate surface area is 114 Å². The van der Waals surface area contributed by atoms with Crippen LogP contribution in [0.1, 0.15) is 20.8 Å². The molecule has 0 spiro atoms. The Morgan fingerprint density at radius 2 is 2.33 bits per heavy atom. The van der Waals surface area contributed by atoms with Crippen LogP contribution in [0.15, 0.2) is 29.6 Å². The fourth-order valence-electron chi connectivity index (χ4n) is 2.17. The summed E-state index contributed by atoms with van der Waals surface area (Å²) in [6, 6.07) is 7.48. The van der Waals surface area contributed by atoms with Gasteiger partial charge >= 0.3 is 0 Å². The quantitative estimate of drug-likeness (QED) is 0.799. The van der Waals surface area contributed by atoms with Crippen LogP contribution in [-0.2, 0) is 12.8 Å². The minimum atomic E-state index is 0.116. The fraction of sp³-hybridized carbons (Fsp3) is 0.214. The van der Waals surface area contributed by atoms with Crippen molar-refractivity contribution in [3.63, 3.8) is 0 Å². The standard InChI is InChI=1S/C14H11ClO2S/c15-11-6-9-3-4-17-14(9)10(7-11)8-12(16)13-2-1-5-18-13/h1-2,5-7H,3-4,8H2. The summed E-state index contributed by atoms with van der Waals surface area (Å²) in [7, 11) is 0. The third kappa shape index (κ3) is 2.16. The van der Waals surface area contributed by atoms with E-state index in [0.29, 0.717) is 18.1 Å². The van der Waals surface area contributed by atoms with Gasteiger partial charge in [0.25, 0.3) is 0 Å². The third-order valence-corrected chi connectivity index (χ3v) is 4.10. The number of hydrogen-bond donors (Lipinski definition) is 0. The van der Waals surface area contributed by atoms with E-state index in [9.17, 15) is 4.79 Å².